The summed E-state index contributed by atoms with van der Waals surface area (Å²) in [7, 11) is 1.36. The molecule has 3 rings (SSSR count). The van der Waals surface area contributed by atoms with E-state index in [1.165, 1.54) is 57.4 Å². The van der Waals surface area contributed by atoms with Gasteiger partial charge in [0.1, 0.15) is 0 Å². The number of hydrogen-bond donors (Lipinski definition) is 0. The topological polar surface area (TPSA) is 59.1 Å². The fraction of sp³-hybridized carbons (Fsp3) is 0.583. The van der Waals surface area contributed by atoms with Gasteiger partial charge in [0.15, 0.2) is 11.5 Å². The number of nitrogens with zero attached hydrogens (tertiary/aromatic N) is 2. The first-order chi connectivity index (χ1) is 15.5. The number of amides is 2. The molecule has 1 saturated carbocycles. The van der Waals surface area contributed by atoms with Gasteiger partial charge in [-0.15, -0.1) is 0 Å². The van der Waals surface area contributed by atoms with Crippen molar-refractivity contribution in [3.8, 4) is 11.5 Å². The monoisotopic (exact) mass is 450 g/mol. The Balaban J connectivity index is 1.45. The molecule has 0 atom stereocenters. The summed E-state index contributed by atoms with van der Waals surface area (Å²) in [5.41, 5.74) is 0.633. The number of rotatable bonds is 8. The zero-order valence-corrected chi connectivity index (χ0v) is 18.6. The molecule has 2 aliphatic rings. The molecule has 1 heterocycles. The second-order valence-corrected chi connectivity index (χ2v) is 8.37. The van der Waals surface area contributed by atoms with Crippen molar-refractivity contribution in [2.45, 2.75) is 51.6 Å². The van der Waals surface area contributed by atoms with E-state index in [1.54, 1.807) is 17.0 Å². The van der Waals surface area contributed by atoms with E-state index in [0.29, 0.717) is 44.1 Å². The molecule has 0 bridgehead atoms. The summed E-state index contributed by atoms with van der Waals surface area (Å²) < 4.78 is 34.4. The smallest absolute Gasteiger partial charge is 0.387 e. The fourth-order valence-electron chi connectivity index (χ4n) is 4.39. The number of benzene rings is 1. The molecule has 32 heavy (non-hydrogen) atoms. The summed E-state index contributed by atoms with van der Waals surface area (Å²) >= 11 is 0. The van der Waals surface area contributed by atoms with E-state index in [9.17, 15) is 18.4 Å². The maximum atomic E-state index is 12.5. The summed E-state index contributed by atoms with van der Waals surface area (Å²) in [6.07, 6.45) is 11.0. The van der Waals surface area contributed by atoms with Gasteiger partial charge in [-0.1, -0.05) is 38.2 Å². The molecule has 8 heteroatoms. The van der Waals surface area contributed by atoms with E-state index >= 15 is 0 Å². The number of hydrogen-bond acceptors (Lipinski definition) is 4. The molecule has 2 amide bonds. The highest BCUT2D eigenvalue weighted by Gasteiger charge is 2.24. The number of alkyl halides is 2. The first kappa shape index (κ1) is 24.0. The quantitative estimate of drug-likeness (QED) is 0.553. The van der Waals surface area contributed by atoms with E-state index in [1.807, 2.05) is 4.90 Å². The van der Waals surface area contributed by atoms with Crippen LogP contribution in [0.4, 0.5) is 8.78 Å². The normalized spacial score (nSPS) is 17.8. The van der Waals surface area contributed by atoms with Crippen LogP contribution < -0.4 is 9.47 Å². The average molecular weight is 451 g/mol. The maximum absolute atomic E-state index is 12.5. The summed E-state index contributed by atoms with van der Waals surface area (Å²) in [4.78, 5) is 28.6. The second-order valence-electron chi connectivity index (χ2n) is 8.37. The molecule has 0 N–H and O–H groups in total. The summed E-state index contributed by atoms with van der Waals surface area (Å²) in [6.45, 7) is -0.830. The molecule has 1 aliphatic carbocycles. The zero-order chi connectivity index (χ0) is 22.9. The number of methoxy groups -OCH3 is 1. The van der Waals surface area contributed by atoms with E-state index in [2.05, 4.69) is 4.74 Å². The maximum Gasteiger partial charge on any atom is 0.387 e. The Morgan fingerprint density at radius 3 is 2.41 bits per heavy atom. The van der Waals surface area contributed by atoms with Crippen LogP contribution in [0.3, 0.4) is 0 Å². The van der Waals surface area contributed by atoms with Gasteiger partial charge in [0.05, 0.1) is 7.11 Å². The zero-order valence-electron chi connectivity index (χ0n) is 18.6. The highest BCUT2D eigenvalue weighted by Crippen LogP contribution is 2.30. The standard InChI is InChI=1S/C24H32F2N2O4/c1-31-21-17-19(7-10-20(21)32-24(25)26)9-12-23(30)28-15-13-27(14-16-28)22(29)11-8-18-5-3-2-4-6-18/h7,9-10,12,17-18,24H,2-6,8,11,13-16H2,1H3/b12-9+. The molecule has 1 aromatic carbocycles. The minimum absolute atomic E-state index is 0.0600. The largest absolute Gasteiger partial charge is 0.493 e. The molecule has 1 aromatic rings. The highest BCUT2D eigenvalue weighted by atomic mass is 19.3. The Labute approximate surface area is 188 Å². The summed E-state index contributed by atoms with van der Waals surface area (Å²) in [5.74, 6) is 0.841. The van der Waals surface area contributed by atoms with Crippen LogP contribution in [0.25, 0.3) is 6.08 Å². The van der Waals surface area contributed by atoms with E-state index < -0.39 is 6.61 Å². The van der Waals surface area contributed by atoms with Gasteiger partial charge in [-0.05, 0) is 36.1 Å². The Morgan fingerprint density at radius 2 is 1.75 bits per heavy atom. The lowest BCUT2D eigenvalue weighted by atomic mass is 9.86. The van der Waals surface area contributed by atoms with E-state index in [-0.39, 0.29) is 23.3 Å². The van der Waals surface area contributed by atoms with Gasteiger partial charge < -0.3 is 19.3 Å². The van der Waals surface area contributed by atoms with Crippen LogP contribution in [0.2, 0.25) is 0 Å². The molecular weight excluding hydrogens is 418 g/mol. The molecule has 0 radical (unpaired) electrons. The van der Waals surface area contributed by atoms with Gasteiger partial charge in [0.25, 0.3) is 0 Å². The van der Waals surface area contributed by atoms with Crippen molar-refractivity contribution >= 4 is 17.9 Å². The van der Waals surface area contributed by atoms with Gasteiger partial charge in [0.2, 0.25) is 11.8 Å². The van der Waals surface area contributed by atoms with Crippen LogP contribution in [0, 0.1) is 5.92 Å². The molecule has 176 valence electrons. The molecule has 0 aromatic heterocycles. The Morgan fingerprint density at radius 1 is 1.06 bits per heavy atom. The summed E-state index contributed by atoms with van der Waals surface area (Å²) in [5, 5.41) is 0. The molecule has 6 nitrogen and oxygen atoms in total. The molecule has 1 aliphatic heterocycles. The minimum Gasteiger partial charge on any atom is -0.493 e. The van der Waals surface area contributed by atoms with Crippen molar-refractivity contribution in [2.24, 2.45) is 5.92 Å². The third-order valence-electron chi connectivity index (χ3n) is 6.26. The molecular formula is C24H32F2N2O4. The van der Waals surface area contributed by atoms with Crippen molar-refractivity contribution in [2.75, 3.05) is 33.3 Å². The van der Waals surface area contributed by atoms with E-state index in [0.717, 1.165) is 6.42 Å². The van der Waals surface area contributed by atoms with Gasteiger partial charge >= 0.3 is 6.61 Å². The van der Waals surface area contributed by atoms with Crippen LogP contribution in [0.5, 0.6) is 11.5 Å². The second kappa shape index (κ2) is 11.8. The predicted molar refractivity (Wildman–Crippen MR) is 118 cm³/mol. The van der Waals surface area contributed by atoms with Crippen LogP contribution in [-0.4, -0.2) is 61.5 Å². The van der Waals surface area contributed by atoms with Crippen molar-refractivity contribution < 1.29 is 27.8 Å². The average Bonchev–Trinajstić information content (AvgIpc) is 2.82. The number of halogens is 2. The van der Waals surface area contributed by atoms with Gasteiger partial charge in [-0.3, -0.25) is 9.59 Å². The lowest BCUT2D eigenvalue weighted by Crippen LogP contribution is -2.50. The van der Waals surface area contributed by atoms with Gasteiger partial charge in [-0.25, -0.2) is 0 Å². The van der Waals surface area contributed by atoms with Crippen LogP contribution in [-0.2, 0) is 9.59 Å². The minimum atomic E-state index is -2.94. The van der Waals surface area contributed by atoms with Crippen molar-refractivity contribution in [1.29, 1.82) is 0 Å². The van der Waals surface area contributed by atoms with Crippen LogP contribution >= 0.6 is 0 Å². The van der Waals surface area contributed by atoms with Crippen LogP contribution in [0.1, 0.15) is 50.5 Å². The Kier molecular flexibility index (Phi) is 8.88. The number of carbonyl (C=O) groups excluding carboxylic acids is 2. The Hall–Kier alpha value is -2.64. The lowest BCUT2D eigenvalue weighted by molar-refractivity contribution is -0.137. The van der Waals surface area contributed by atoms with Crippen molar-refractivity contribution in [1.82, 2.24) is 9.80 Å². The lowest BCUT2D eigenvalue weighted by Gasteiger charge is -2.34. The third-order valence-corrected chi connectivity index (χ3v) is 6.26. The molecule has 0 spiro atoms. The van der Waals surface area contributed by atoms with Gasteiger partial charge in [-0.2, -0.15) is 8.78 Å². The first-order valence-corrected chi connectivity index (χ1v) is 11.3. The number of carbonyl (C=O) groups is 2. The number of piperazine rings is 1. The predicted octanol–water partition coefficient (Wildman–Crippen LogP) is 4.34. The Bertz CT molecular complexity index is 801. The molecule has 2 fully saturated rings. The van der Waals surface area contributed by atoms with Crippen molar-refractivity contribution in [3.63, 3.8) is 0 Å². The van der Waals surface area contributed by atoms with Gasteiger partial charge in [0, 0.05) is 38.7 Å². The van der Waals surface area contributed by atoms with E-state index in [4.69, 9.17) is 4.74 Å². The molecule has 0 unspecified atom stereocenters. The van der Waals surface area contributed by atoms with Crippen LogP contribution in [0.15, 0.2) is 24.3 Å². The first-order valence-electron chi connectivity index (χ1n) is 11.3. The SMILES string of the molecule is COc1cc(/C=C/C(=O)N2CCN(C(=O)CCC3CCCCC3)CC2)ccc1OC(F)F. The van der Waals surface area contributed by atoms with Crippen molar-refractivity contribution in [3.05, 3.63) is 29.8 Å². The summed E-state index contributed by atoms with van der Waals surface area (Å²) in [6, 6.07) is 4.49. The highest BCUT2D eigenvalue weighted by molar-refractivity contribution is 5.92. The molecule has 1 saturated heterocycles. The number of ether oxygens (including phenoxy) is 2. The fourth-order valence-corrected chi connectivity index (χ4v) is 4.39. The third kappa shape index (κ3) is 6.93.